The second-order valence-corrected chi connectivity index (χ2v) is 14.7. The highest BCUT2D eigenvalue weighted by molar-refractivity contribution is 7.23. The number of ether oxygens (including phenoxy) is 2. The first-order valence-corrected chi connectivity index (χ1v) is 16.9. The number of anilines is 2. The Kier molecular flexibility index (Phi) is 7.25. The smallest absolute Gasteiger partial charge is 0.319 e. The maximum Gasteiger partial charge on any atom is 0.319 e. The van der Waals surface area contributed by atoms with Crippen LogP contribution >= 0.6 is 22.9 Å². The minimum Gasteiger partial charge on any atom is -0.461 e. The standard InChI is InChI=1S/C33H32ClF3N6O2S/c34-22-11-20-27(26(37)25(22)19-3-4-23(36)28-24(19)21(13-38)29(39)46-28)40-31(45-17-33-6-2-9-43(33)14-18(35)12-33)41-30(20)42-8-1-5-32(15-42)7-10-44-16-32/h3-4,11,18H,1-2,5-10,12,14-17,39H2/t18-,32?,33+/m1/s1. The van der Waals surface area contributed by atoms with E-state index in [-0.39, 0.29) is 60.3 Å². The summed E-state index contributed by atoms with van der Waals surface area (Å²) >= 11 is 7.80. The molecule has 4 aliphatic heterocycles. The zero-order valence-electron chi connectivity index (χ0n) is 25.1. The van der Waals surface area contributed by atoms with Gasteiger partial charge in [0.05, 0.1) is 27.4 Å². The van der Waals surface area contributed by atoms with Gasteiger partial charge in [0, 0.05) is 54.4 Å². The third-order valence-electron chi connectivity index (χ3n) is 10.4. The molecule has 0 bridgehead atoms. The number of benzene rings is 2. The fraction of sp³-hybridized carbons (Fsp3) is 0.485. The zero-order valence-corrected chi connectivity index (χ0v) is 26.6. The predicted octanol–water partition coefficient (Wildman–Crippen LogP) is 6.86. The van der Waals surface area contributed by atoms with Crippen molar-refractivity contribution in [3.05, 3.63) is 40.4 Å². The highest BCUT2D eigenvalue weighted by Gasteiger charge is 2.49. The molecule has 4 aromatic rings. The van der Waals surface area contributed by atoms with Gasteiger partial charge in [-0.25, -0.2) is 13.2 Å². The van der Waals surface area contributed by atoms with Crippen LogP contribution in [0.4, 0.5) is 24.0 Å². The van der Waals surface area contributed by atoms with Crippen molar-refractivity contribution in [3.8, 4) is 23.2 Å². The third kappa shape index (κ3) is 4.69. The summed E-state index contributed by atoms with van der Waals surface area (Å²) in [6.45, 7) is 4.12. The average Bonchev–Trinajstić information content (AvgIpc) is 3.80. The van der Waals surface area contributed by atoms with E-state index in [1.165, 1.54) is 12.1 Å². The van der Waals surface area contributed by atoms with Crippen molar-refractivity contribution in [3.63, 3.8) is 0 Å². The number of fused-ring (bicyclic) bond motifs is 3. The molecule has 8 rings (SSSR count). The van der Waals surface area contributed by atoms with E-state index in [9.17, 15) is 14.0 Å². The number of nitriles is 1. The van der Waals surface area contributed by atoms with Crippen molar-refractivity contribution in [2.24, 2.45) is 5.41 Å². The van der Waals surface area contributed by atoms with Crippen molar-refractivity contribution in [1.29, 1.82) is 5.26 Å². The lowest BCUT2D eigenvalue weighted by atomic mass is 9.79. The molecular weight excluding hydrogens is 637 g/mol. The van der Waals surface area contributed by atoms with Gasteiger partial charge in [-0.3, -0.25) is 4.90 Å². The summed E-state index contributed by atoms with van der Waals surface area (Å²) in [6.07, 6.45) is 4.10. The van der Waals surface area contributed by atoms with E-state index in [4.69, 9.17) is 31.8 Å². The molecule has 2 N–H and O–H groups in total. The Morgan fingerprint density at radius 3 is 2.85 bits per heavy atom. The molecule has 8 nitrogen and oxygen atoms in total. The van der Waals surface area contributed by atoms with Gasteiger partial charge in [0.1, 0.15) is 41.0 Å². The Balaban J connectivity index is 1.29. The lowest BCUT2D eigenvalue weighted by molar-refractivity contribution is 0.107. The van der Waals surface area contributed by atoms with Crippen molar-refractivity contribution < 1.29 is 22.6 Å². The quantitative estimate of drug-likeness (QED) is 0.246. The average molecular weight is 669 g/mol. The molecule has 0 radical (unpaired) electrons. The monoisotopic (exact) mass is 668 g/mol. The molecule has 4 saturated heterocycles. The van der Waals surface area contributed by atoms with E-state index in [2.05, 4.69) is 14.8 Å². The second kappa shape index (κ2) is 11.1. The van der Waals surface area contributed by atoms with Gasteiger partial charge in [0.2, 0.25) is 0 Å². The van der Waals surface area contributed by atoms with Gasteiger partial charge in [0.25, 0.3) is 0 Å². The first-order valence-electron chi connectivity index (χ1n) is 15.7. The maximum atomic E-state index is 17.0. The molecule has 240 valence electrons. The van der Waals surface area contributed by atoms with Gasteiger partial charge in [-0.2, -0.15) is 15.2 Å². The summed E-state index contributed by atoms with van der Waals surface area (Å²) in [5.74, 6) is -0.790. The molecule has 4 aliphatic rings. The van der Waals surface area contributed by atoms with E-state index in [1.54, 1.807) is 6.07 Å². The van der Waals surface area contributed by atoms with Crippen LogP contribution in [-0.4, -0.2) is 72.6 Å². The minimum absolute atomic E-state index is 0.00208. The van der Waals surface area contributed by atoms with Crippen molar-refractivity contribution in [1.82, 2.24) is 14.9 Å². The van der Waals surface area contributed by atoms with Crippen LogP contribution < -0.4 is 15.4 Å². The summed E-state index contributed by atoms with van der Waals surface area (Å²) in [5.41, 5.74) is 5.91. The second-order valence-electron chi connectivity index (χ2n) is 13.2. The van der Waals surface area contributed by atoms with Crippen LogP contribution in [0.1, 0.15) is 44.1 Å². The topological polar surface area (TPSA) is 101 Å². The third-order valence-corrected chi connectivity index (χ3v) is 11.7. The van der Waals surface area contributed by atoms with Crippen LogP contribution in [0.3, 0.4) is 0 Å². The SMILES string of the molecule is N#Cc1c(N)sc2c(F)ccc(-c3c(Cl)cc4c(N5CCCC6(CCOC6)C5)nc(OC[C@@]56CCCN5C[C@H](F)C6)nc4c3F)c12. The van der Waals surface area contributed by atoms with Crippen LogP contribution in [0, 0.1) is 28.4 Å². The molecule has 46 heavy (non-hydrogen) atoms. The number of nitrogen functional groups attached to an aromatic ring is 1. The number of nitrogens with zero attached hydrogens (tertiary/aromatic N) is 5. The summed E-state index contributed by atoms with van der Waals surface area (Å²) < 4.78 is 58.6. The van der Waals surface area contributed by atoms with Gasteiger partial charge in [-0.15, -0.1) is 11.3 Å². The number of nitrogens with two attached hydrogens (primary N) is 1. The van der Waals surface area contributed by atoms with Gasteiger partial charge in [-0.05, 0) is 56.3 Å². The number of alkyl halides is 1. The van der Waals surface area contributed by atoms with Crippen LogP contribution in [0.15, 0.2) is 18.2 Å². The molecule has 1 unspecified atom stereocenters. The lowest BCUT2D eigenvalue weighted by Crippen LogP contribution is -2.44. The van der Waals surface area contributed by atoms with E-state index in [0.717, 1.165) is 50.0 Å². The number of hydrogen-bond acceptors (Lipinski definition) is 9. The van der Waals surface area contributed by atoms with Gasteiger partial charge >= 0.3 is 6.01 Å². The molecule has 13 heteroatoms. The van der Waals surface area contributed by atoms with Crippen LogP contribution in [0.25, 0.3) is 32.1 Å². The molecule has 6 heterocycles. The van der Waals surface area contributed by atoms with E-state index >= 15 is 4.39 Å². The highest BCUT2D eigenvalue weighted by atomic mass is 35.5. The normalized spacial score (nSPS) is 26.4. The minimum atomic E-state index is -0.922. The van der Waals surface area contributed by atoms with Crippen LogP contribution in [0.5, 0.6) is 6.01 Å². The van der Waals surface area contributed by atoms with Crippen molar-refractivity contribution >= 4 is 54.7 Å². The molecular formula is C33H32ClF3N6O2S. The Bertz CT molecular complexity index is 1930. The van der Waals surface area contributed by atoms with E-state index < -0.39 is 23.3 Å². The van der Waals surface area contributed by atoms with Crippen LogP contribution in [-0.2, 0) is 4.74 Å². The number of thiophene rings is 1. The Morgan fingerprint density at radius 1 is 1.20 bits per heavy atom. The summed E-state index contributed by atoms with van der Waals surface area (Å²) in [6, 6.07) is 6.31. The molecule has 2 aromatic carbocycles. The fourth-order valence-electron chi connectivity index (χ4n) is 8.23. The van der Waals surface area contributed by atoms with Gasteiger partial charge < -0.3 is 20.1 Å². The molecule has 0 aliphatic carbocycles. The van der Waals surface area contributed by atoms with E-state index in [0.29, 0.717) is 50.5 Å². The van der Waals surface area contributed by atoms with Gasteiger partial charge in [0.15, 0.2) is 5.82 Å². The Hall–Kier alpha value is -3.37. The number of halogens is 4. The molecule has 0 saturated carbocycles. The zero-order chi connectivity index (χ0) is 31.8. The largest absolute Gasteiger partial charge is 0.461 e. The van der Waals surface area contributed by atoms with E-state index in [1.807, 2.05) is 6.07 Å². The van der Waals surface area contributed by atoms with Crippen LogP contribution in [0.2, 0.25) is 5.02 Å². The Labute approximate surface area is 272 Å². The van der Waals surface area contributed by atoms with Gasteiger partial charge in [-0.1, -0.05) is 17.7 Å². The first kappa shape index (κ1) is 30.0. The molecule has 1 spiro atoms. The summed E-state index contributed by atoms with van der Waals surface area (Å²) in [7, 11) is 0. The van der Waals surface area contributed by atoms with Crippen molar-refractivity contribution in [2.75, 3.05) is 56.6 Å². The molecule has 4 fully saturated rings. The number of hydrogen-bond donors (Lipinski definition) is 1. The maximum absolute atomic E-state index is 17.0. The highest BCUT2D eigenvalue weighted by Crippen LogP contribution is 2.47. The molecule has 3 atom stereocenters. The Morgan fingerprint density at radius 2 is 2.04 bits per heavy atom. The number of rotatable bonds is 5. The predicted molar refractivity (Wildman–Crippen MR) is 172 cm³/mol. The van der Waals surface area contributed by atoms with Crippen molar-refractivity contribution in [2.45, 2.75) is 50.2 Å². The number of piperidine rings is 1. The fourth-order valence-corrected chi connectivity index (χ4v) is 9.47. The first-order chi connectivity index (χ1) is 22.2. The lowest BCUT2D eigenvalue weighted by Gasteiger charge is -2.40. The summed E-state index contributed by atoms with van der Waals surface area (Å²) in [5, 5.41) is 10.7. The summed E-state index contributed by atoms with van der Waals surface area (Å²) in [4.78, 5) is 13.7. The molecule has 2 aromatic heterocycles. The molecule has 0 amide bonds. The number of aromatic nitrogens is 2.